The van der Waals surface area contributed by atoms with Crippen LogP contribution in [0.15, 0.2) is 0 Å². The molecule has 1 fully saturated rings. The first kappa shape index (κ1) is 15.4. The van der Waals surface area contributed by atoms with Gasteiger partial charge in [0.2, 0.25) is 11.8 Å². The predicted octanol–water partition coefficient (Wildman–Crippen LogP) is -2.25. The van der Waals surface area contributed by atoms with Gasteiger partial charge in [0.25, 0.3) is 0 Å². The molecule has 4 atom stereocenters. The molecule has 4 unspecified atom stereocenters. The minimum Gasteiger partial charge on any atom is -0.388 e. The molecule has 1 heterocycles. The maximum Gasteiger partial charge on any atom is 0.223 e. The van der Waals surface area contributed by atoms with Crippen molar-refractivity contribution in [3.05, 3.63) is 0 Å². The first-order valence-electron chi connectivity index (χ1n) is 5.92. The van der Waals surface area contributed by atoms with Gasteiger partial charge in [-0.1, -0.05) is 5.92 Å². The van der Waals surface area contributed by atoms with E-state index in [9.17, 15) is 19.8 Å². The third kappa shape index (κ3) is 4.52. The van der Waals surface area contributed by atoms with Gasteiger partial charge >= 0.3 is 0 Å². The van der Waals surface area contributed by atoms with Gasteiger partial charge in [0.15, 0.2) is 0 Å². The van der Waals surface area contributed by atoms with Crippen LogP contribution in [0.4, 0.5) is 0 Å². The lowest BCUT2D eigenvalue weighted by Gasteiger charge is -2.14. The number of amides is 2. The Morgan fingerprint density at radius 1 is 1.26 bits per heavy atom. The topological polar surface area (TPSA) is 108 Å². The van der Waals surface area contributed by atoms with Crippen LogP contribution in [-0.2, 0) is 14.3 Å². The molecule has 1 aliphatic heterocycles. The van der Waals surface area contributed by atoms with Crippen LogP contribution in [0.25, 0.3) is 0 Å². The summed E-state index contributed by atoms with van der Waals surface area (Å²) in [7, 11) is 0. The van der Waals surface area contributed by atoms with Gasteiger partial charge < -0.3 is 25.6 Å². The maximum absolute atomic E-state index is 11.4. The number of hydrogen-bond acceptors (Lipinski definition) is 5. The minimum absolute atomic E-state index is 0.0794. The first-order valence-corrected chi connectivity index (χ1v) is 5.92. The number of hydrogen-bond donors (Lipinski definition) is 4. The van der Waals surface area contributed by atoms with E-state index in [-0.39, 0.29) is 31.3 Å². The molecule has 0 aliphatic carbocycles. The number of aliphatic hydroxyl groups excluding tert-OH is 2. The molecule has 0 aromatic rings. The van der Waals surface area contributed by atoms with Gasteiger partial charge in [-0.2, -0.15) is 0 Å². The van der Waals surface area contributed by atoms with Crippen LogP contribution in [0.1, 0.15) is 13.3 Å². The van der Waals surface area contributed by atoms with Crippen LogP contribution >= 0.6 is 0 Å². The Morgan fingerprint density at radius 3 is 2.47 bits per heavy atom. The molecule has 0 spiro atoms. The van der Waals surface area contributed by atoms with Crippen molar-refractivity contribution in [3.8, 4) is 12.3 Å². The molecule has 19 heavy (non-hydrogen) atoms. The molecule has 106 valence electrons. The van der Waals surface area contributed by atoms with Crippen LogP contribution in [0.3, 0.4) is 0 Å². The standard InChI is InChI=1S/C12H18N2O5/c1-3-4-13-10(16)5-8-11(17)12(18)9(19-8)6-14-7(2)15/h1,8-9,11-12,17-18H,4-6H2,2H3,(H,13,16)(H,14,15). The highest BCUT2D eigenvalue weighted by molar-refractivity contribution is 5.76. The van der Waals surface area contributed by atoms with E-state index in [1.165, 1.54) is 6.92 Å². The average molecular weight is 270 g/mol. The highest BCUT2D eigenvalue weighted by atomic mass is 16.5. The highest BCUT2D eigenvalue weighted by Gasteiger charge is 2.43. The van der Waals surface area contributed by atoms with Gasteiger partial charge in [0, 0.05) is 13.5 Å². The zero-order valence-electron chi connectivity index (χ0n) is 10.6. The second kappa shape index (κ2) is 7.09. The molecule has 7 heteroatoms. The van der Waals surface area contributed by atoms with Gasteiger partial charge in [-0.25, -0.2) is 0 Å². The largest absolute Gasteiger partial charge is 0.388 e. The van der Waals surface area contributed by atoms with Crippen molar-refractivity contribution in [3.63, 3.8) is 0 Å². The lowest BCUT2D eigenvalue weighted by Crippen LogP contribution is -2.39. The van der Waals surface area contributed by atoms with E-state index in [0.29, 0.717) is 0 Å². The fourth-order valence-electron chi connectivity index (χ4n) is 1.81. The Balaban J connectivity index is 2.46. The molecular weight excluding hydrogens is 252 g/mol. The van der Waals surface area contributed by atoms with Gasteiger partial charge in [-0.05, 0) is 0 Å². The monoisotopic (exact) mass is 270 g/mol. The summed E-state index contributed by atoms with van der Waals surface area (Å²) in [6, 6.07) is 0. The Hall–Kier alpha value is -1.62. The van der Waals surface area contributed by atoms with Crippen molar-refractivity contribution in [1.29, 1.82) is 0 Å². The van der Waals surface area contributed by atoms with Gasteiger partial charge in [-0.3, -0.25) is 9.59 Å². The molecule has 0 radical (unpaired) electrons. The summed E-state index contributed by atoms with van der Waals surface area (Å²) in [6.45, 7) is 1.51. The molecular formula is C12H18N2O5. The number of nitrogens with one attached hydrogen (secondary N) is 2. The van der Waals surface area contributed by atoms with E-state index in [1.54, 1.807) is 0 Å². The fraction of sp³-hybridized carbons (Fsp3) is 0.667. The number of ether oxygens (including phenoxy) is 1. The summed E-state index contributed by atoms with van der Waals surface area (Å²) in [6.07, 6.45) is 1.04. The Labute approximate surface area is 111 Å². The summed E-state index contributed by atoms with van der Waals surface area (Å²) < 4.78 is 5.36. The van der Waals surface area contributed by atoms with Crippen LogP contribution in [-0.4, -0.2) is 59.5 Å². The maximum atomic E-state index is 11.4. The second-order valence-electron chi connectivity index (χ2n) is 4.32. The summed E-state index contributed by atoms with van der Waals surface area (Å²) in [4.78, 5) is 22.2. The molecule has 7 nitrogen and oxygen atoms in total. The van der Waals surface area contributed by atoms with Crippen molar-refractivity contribution in [2.75, 3.05) is 13.1 Å². The molecule has 4 N–H and O–H groups in total. The summed E-state index contributed by atoms with van der Waals surface area (Å²) in [5.41, 5.74) is 0. The lowest BCUT2D eigenvalue weighted by atomic mass is 10.1. The zero-order valence-corrected chi connectivity index (χ0v) is 10.6. The Bertz CT molecular complexity index is 379. The highest BCUT2D eigenvalue weighted by Crippen LogP contribution is 2.23. The molecule has 0 bridgehead atoms. The van der Waals surface area contributed by atoms with Crippen LogP contribution in [0.5, 0.6) is 0 Å². The molecule has 1 rings (SSSR count). The molecule has 1 saturated heterocycles. The van der Waals surface area contributed by atoms with E-state index in [0.717, 1.165) is 0 Å². The zero-order chi connectivity index (χ0) is 14.4. The number of rotatable bonds is 5. The molecule has 0 saturated carbocycles. The second-order valence-corrected chi connectivity index (χ2v) is 4.32. The summed E-state index contributed by atoms with van der Waals surface area (Å²) >= 11 is 0. The molecule has 0 aromatic heterocycles. The number of aliphatic hydroxyl groups is 2. The molecule has 2 amide bonds. The normalized spacial score (nSPS) is 29.6. The number of carbonyl (C=O) groups is 2. The van der Waals surface area contributed by atoms with Crippen molar-refractivity contribution >= 4 is 11.8 Å². The Morgan fingerprint density at radius 2 is 1.89 bits per heavy atom. The van der Waals surface area contributed by atoms with Crippen LogP contribution in [0, 0.1) is 12.3 Å². The van der Waals surface area contributed by atoms with Crippen molar-refractivity contribution < 1.29 is 24.5 Å². The quantitative estimate of drug-likeness (QED) is 0.422. The van der Waals surface area contributed by atoms with Crippen molar-refractivity contribution in [2.24, 2.45) is 0 Å². The Kier molecular flexibility index (Phi) is 5.76. The van der Waals surface area contributed by atoms with Gasteiger partial charge in [-0.15, -0.1) is 6.42 Å². The van der Waals surface area contributed by atoms with E-state index in [1.807, 2.05) is 0 Å². The van der Waals surface area contributed by atoms with Crippen molar-refractivity contribution in [2.45, 2.75) is 37.8 Å². The average Bonchev–Trinajstić information content (AvgIpc) is 2.62. The molecule has 0 aromatic carbocycles. The van der Waals surface area contributed by atoms with E-state index >= 15 is 0 Å². The number of carbonyl (C=O) groups excluding carboxylic acids is 2. The summed E-state index contributed by atoms with van der Waals surface area (Å²) in [5, 5.41) is 24.4. The summed E-state index contributed by atoms with van der Waals surface area (Å²) in [5.74, 6) is 1.62. The van der Waals surface area contributed by atoms with Crippen LogP contribution < -0.4 is 10.6 Å². The number of terminal acetylenes is 1. The minimum atomic E-state index is -1.17. The third-order valence-corrected chi connectivity index (χ3v) is 2.79. The fourth-order valence-corrected chi connectivity index (χ4v) is 1.81. The smallest absolute Gasteiger partial charge is 0.223 e. The van der Waals surface area contributed by atoms with Gasteiger partial charge in [0.1, 0.15) is 18.3 Å². The van der Waals surface area contributed by atoms with E-state index < -0.39 is 24.4 Å². The SMILES string of the molecule is C#CCNC(=O)CC1OC(CNC(C)=O)C(O)C1O. The van der Waals surface area contributed by atoms with E-state index in [4.69, 9.17) is 11.2 Å². The predicted molar refractivity (Wildman–Crippen MR) is 65.8 cm³/mol. The lowest BCUT2D eigenvalue weighted by molar-refractivity contribution is -0.125. The van der Waals surface area contributed by atoms with Crippen LogP contribution in [0.2, 0.25) is 0 Å². The van der Waals surface area contributed by atoms with E-state index in [2.05, 4.69) is 16.6 Å². The molecule has 1 aliphatic rings. The third-order valence-electron chi connectivity index (χ3n) is 2.79. The first-order chi connectivity index (χ1) is 8.95. The van der Waals surface area contributed by atoms with Gasteiger partial charge in [0.05, 0.1) is 19.1 Å². The van der Waals surface area contributed by atoms with Crippen molar-refractivity contribution in [1.82, 2.24) is 10.6 Å².